The highest BCUT2D eigenvalue weighted by Crippen LogP contribution is 2.41. The molecule has 2 unspecified atom stereocenters. The number of hydrogen-bond acceptors (Lipinski definition) is 7. The number of carbonyl (C=O) groups excluding carboxylic acids is 2. The van der Waals surface area contributed by atoms with Gasteiger partial charge in [0.2, 0.25) is 0 Å². The Hall–Kier alpha value is -3.63. The highest BCUT2D eigenvalue weighted by atomic mass is 32.2. The molecule has 1 aliphatic rings. The first-order valence-electron chi connectivity index (χ1n) is 12.2. The number of nitrogens with one attached hydrogen (secondary N) is 1. The quantitative estimate of drug-likeness (QED) is 0.231. The van der Waals surface area contributed by atoms with Gasteiger partial charge in [0, 0.05) is 23.7 Å². The van der Waals surface area contributed by atoms with Gasteiger partial charge in [0.15, 0.2) is 0 Å². The fourth-order valence-electron chi connectivity index (χ4n) is 3.98. The standard InChI is InChI=1S/C29H30N2O6S2/c1-28(2,3)37-26(35)30-29(4,25(33)34)17-18-10-12-19(13-11-18)22-15-14-21(36-22)16-23-24(32)31(27(38)39-23)20-8-6-5-7-9-20/h5-16,27,38H,17H2,1-4H3,(H,30,35)(H,33,34)/b23-16-. The number of ether oxygens (including phenoxy) is 1. The number of thioether (sulfide) groups is 1. The summed E-state index contributed by atoms with van der Waals surface area (Å²) in [5, 5.41) is 12.3. The number of nitrogens with zero attached hydrogens (tertiary/aromatic N) is 1. The topological polar surface area (TPSA) is 109 Å². The van der Waals surface area contributed by atoms with Gasteiger partial charge in [0.1, 0.15) is 27.4 Å². The lowest BCUT2D eigenvalue weighted by Gasteiger charge is -2.28. The Labute approximate surface area is 236 Å². The molecule has 2 atom stereocenters. The number of alkyl carbamates (subject to hydrolysis) is 1. The average Bonchev–Trinajstić information content (AvgIpc) is 3.42. The lowest BCUT2D eigenvalue weighted by molar-refractivity contribution is -0.144. The van der Waals surface area contributed by atoms with Crippen molar-refractivity contribution in [2.75, 3.05) is 4.90 Å². The summed E-state index contributed by atoms with van der Waals surface area (Å²) >= 11 is 5.91. The van der Waals surface area contributed by atoms with Crippen LogP contribution in [-0.2, 0) is 20.7 Å². The zero-order valence-corrected chi connectivity index (χ0v) is 23.7. The summed E-state index contributed by atoms with van der Waals surface area (Å²) in [4.78, 5) is 39.4. The van der Waals surface area contributed by atoms with Crippen LogP contribution < -0.4 is 10.2 Å². The Balaban J connectivity index is 1.46. The van der Waals surface area contributed by atoms with Crippen molar-refractivity contribution in [3.63, 3.8) is 0 Å². The minimum atomic E-state index is -1.56. The van der Waals surface area contributed by atoms with Gasteiger partial charge in [0.25, 0.3) is 5.91 Å². The number of anilines is 1. The van der Waals surface area contributed by atoms with Crippen molar-refractivity contribution in [2.45, 2.75) is 50.0 Å². The van der Waals surface area contributed by atoms with Crippen molar-refractivity contribution in [1.82, 2.24) is 5.32 Å². The number of thiol groups is 1. The van der Waals surface area contributed by atoms with E-state index >= 15 is 0 Å². The van der Waals surface area contributed by atoms with Gasteiger partial charge in [-0.2, -0.15) is 0 Å². The van der Waals surface area contributed by atoms with Crippen molar-refractivity contribution >= 4 is 54.1 Å². The molecule has 0 radical (unpaired) electrons. The number of carboxylic acid groups (broad SMARTS) is 1. The zero-order valence-electron chi connectivity index (χ0n) is 22.0. The van der Waals surface area contributed by atoms with Gasteiger partial charge >= 0.3 is 12.1 Å². The molecule has 39 heavy (non-hydrogen) atoms. The number of hydrogen-bond donors (Lipinski definition) is 3. The Kier molecular flexibility index (Phi) is 8.17. The molecule has 3 aromatic rings. The summed E-state index contributed by atoms with van der Waals surface area (Å²) in [6.07, 6.45) is 0.966. The van der Waals surface area contributed by atoms with E-state index < -0.39 is 23.2 Å². The SMILES string of the molecule is CC(C)(C)OC(=O)NC(C)(Cc1ccc(-c2ccc(/C=C3\SC(S)N(c4ccccc4)C3=O)o2)cc1)C(=O)O. The first-order valence-corrected chi connectivity index (χ1v) is 13.6. The summed E-state index contributed by atoms with van der Waals surface area (Å²) in [7, 11) is 0. The Morgan fingerprint density at radius 1 is 1.08 bits per heavy atom. The summed E-state index contributed by atoms with van der Waals surface area (Å²) in [5.41, 5.74) is -0.0366. The predicted octanol–water partition coefficient (Wildman–Crippen LogP) is 6.19. The second-order valence-electron chi connectivity index (χ2n) is 10.3. The van der Waals surface area contributed by atoms with E-state index in [-0.39, 0.29) is 17.0 Å². The van der Waals surface area contributed by atoms with Crippen molar-refractivity contribution < 1.29 is 28.6 Å². The van der Waals surface area contributed by atoms with E-state index in [1.54, 1.807) is 49.9 Å². The Bertz CT molecular complexity index is 1400. The van der Waals surface area contributed by atoms with Crippen molar-refractivity contribution in [1.29, 1.82) is 0 Å². The van der Waals surface area contributed by atoms with Gasteiger partial charge in [-0.3, -0.25) is 9.69 Å². The number of carbonyl (C=O) groups is 3. The van der Waals surface area contributed by atoms with Crippen LogP contribution in [-0.4, -0.2) is 38.9 Å². The molecule has 204 valence electrons. The van der Waals surface area contributed by atoms with Crippen LogP contribution in [0.2, 0.25) is 0 Å². The average molecular weight is 567 g/mol. The number of benzene rings is 2. The molecule has 8 nitrogen and oxygen atoms in total. The van der Waals surface area contributed by atoms with Crippen LogP contribution in [0.15, 0.2) is 76.1 Å². The lowest BCUT2D eigenvalue weighted by atomic mass is 9.92. The van der Waals surface area contributed by atoms with Crippen LogP contribution in [0.4, 0.5) is 10.5 Å². The molecule has 1 aromatic heterocycles. The van der Waals surface area contributed by atoms with E-state index in [1.165, 1.54) is 18.7 Å². The fourth-order valence-corrected chi connectivity index (χ4v) is 5.49. The number of furan rings is 1. The van der Waals surface area contributed by atoms with Gasteiger partial charge in [-0.1, -0.05) is 54.2 Å². The minimum absolute atomic E-state index is 0.0551. The molecular weight excluding hydrogens is 536 g/mol. The molecule has 1 aliphatic heterocycles. The largest absolute Gasteiger partial charge is 0.480 e. The summed E-state index contributed by atoms with van der Waals surface area (Å²) in [5.74, 6) is -0.191. The third-order valence-electron chi connectivity index (χ3n) is 5.86. The Morgan fingerprint density at radius 3 is 2.36 bits per heavy atom. The first-order chi connectivity index (χ1) is 18.3. The highest BCUT2D eigenvalue weighted by Gasteiger charge is 2.37. The van der Waals surface area contributed by atoms with Crippen LogP contribution in [0, 0.1) is 0 Å². The van der Waals surface area contributed by atoms with Gasteiger partial charge in [-0.25, -0.2) is 9.59 Å². The third kappa shape index (κ3) is 6.88. The molecule has 10 heteroatoms. The van der Waals surface area contributed by atoms with E-state index in [2.05, 4.69) is 17.9 Å². The van der Waals surface area contributed by atoms with Gasteiger partial charge in [0.05, 0.1) is 4.91 Å². The van der Waals surface area contributed by atoms with E-state index in [1.807, 2.05) is 48.5 Å². The monoisotopic (exact) mass is 566 g/mol. The van der Waals surface area contributed by atoms with Crippen LogP contribution in [0.25, 0.3) is 17.4 Å². The molecule has 2 aromatic carbocycles. The number of amides is 2. The second-order valence-corrected chi connectivity index (χ2v) is 12.3. The molecule has 2 N–H and O–H groups in total. The minimum Gasteiger partial charge on any atom is -0.480 e. The van der Waals surface area contributed by atoms with E-state index in [0.29, 0.717) is 22.0 Å². The molecule has 0 aliphatic carbocycles. The van der Waals surface area contributed by atoms with Crippen LogP contribution in [0.3, 0.4) is 0 Å². The van der Waals surface area contributed by atoms with Crippen molar-refractivity contribution in [2.24, 2.45) is 0 Å². The van der Waals surface area contributed by atoms with Crippen LogP contribution in [0.5, 0.6) is 0 Å². The maximum Gasteiger partial charge on any atom is 0.408 e. The zero-order chi connectivity index (χ0) is 28.4. The molecule has 0 bridgehead atoms. The van der Waals surface area contributed by atoms with Crippen LogP contribution >= 0.6 is 24.4 Å². The maximum absolute atomic E-state index is 13.0. The predicted molar refractivity (Wildman–Crippen MR) is 156 cm³/mol. The van der Waals surface area contributed by atoms with Gasteiger partial charge in [-0.15, -0.1) is 12.6 Å². The lowest BCUT2D eigenvalue weighted by Crippen LogP contribution is -2.54. The second kappa shape index (κ2) is 11.2. The number of carboxylic acids is 1. The van der Waals surface area contributed by atoms with E-state index in [9.17, 15) is 19.5 Å². The fraction of sp³-hybridized carbons (Fsp3) is 0.276. The number of aliphatic carboxylic acids is 1. The smallest absolute Gasteiger partial charge is 0.408 e. The molecule has 1 fully saturated rings. The Morgan fingerprint density at radius 2 is 1.74 bits per heavy atom. The molecule has 4 rings (SSSR count). The van der Waals surface area contributed by atoms with Crippen molar-refractivity contribution in [3.8, 4) is 11.3 Å². The maximum atomic E-state index is 13.0. The molecule has 2 amide bonds. The number of rotatable bonds is 7. The normalized spacial score (nSPS) is 18.2. The first kappa shape index (κ1) is 28.4. The van der Waals surface area contributed by atoms with Gasteiger partial charge < -0.3 is 19.6 Å². The van der Waals surface area contributed by atoms with Crippen LogP contribution in [0.1, 0.15) is 39.0 Å². The van der Waals surface area contributed by atoms with Gasteiger partial charge in [-0.05, 0) is 57.5 Å². The highest BCUT2D eigenvalue weighted by molar-refractivity contribution is 8.14. The molecule has 1 saturated heterocycles. The summed E-state index contributed by atoms with van der Waals surface area (Å²) < 4.78 is 10.9. The molecule has 0 saturated carbocycles. The van der Waals surface area contributed by atoms with E-state index in [0.717, 1.165) is 11.3 Å². The van der Waals surface area contributed by atoms with E-state index in [4.69, 9.17) is 9.15 Å². The van der Waals surface area contributed by atoms with Crippen molar-refractivity contribution in [3.05, 3.63) is 83.0 Å². The summed E-state index contributed by atoms with van der Waals surface area (Å²) in [6, 6.07) is 20.2. The summed E-state index contributed by atoms with van der Waals surface area (Å²) in [6.45, 7) is 6.57. The third-order valence-corrected chi connectivity index (χ3v) is 7.38. The molecule has 0 spiro atoms. The molecular formula is C29H30N2O6S2. The number of para-hydroxylation sites is 1. The molecule has 2 heterocycles.